The third-order valence-electron chi connectivity index (χ3n) is 4.53. The maximum absolute atomic E-state index is 13.0. The van der Waals surface area contributed by atoms with E-state index in [9.17, 15) is 9.18 Å². The lowest BCUT2D eigenvalue weighted by atomic mass is 10.0. The lowest BCUT2D eigenvalue weighted by molar-refractivity contribution is 0.0863. The Hall–Kier alpha value is -2.46. The summed E-state index contributed by atoms with van der Waals surface area (Å²) >= 11 is 0. The second-order valence-electron chi connectivity index (χ2n) is 6.25. The van der Waals surface area contributed by atoms with Crippen LogP contribution in [0, 0.1) is 12.7 Å². The van der Waals surface area contributed by atoms with Crippen LogP contribution in [-0.4, -0.2) is 28.8 Å². The van der Waals surface area contributed by atoms with Gasteiger partial charge < -0.3 is 4.98 Å². The number of hydrogen-bond donors (Lipinski definition) is 1. The number of carbonyl (C=O) groups is 1. The molecule has 0 aliphatic heterocycles. The van der Waals surface area contributed by atoms with Crippen LogP contribution in [0.5, 0.6) is 0 Å². The molecule has 24 heavy (non-hydrogen) atoms. The quantitative estimate of drug-likeness (QED) is 0.710. The maximum Gasteiger partial charge on any atom is 0.182 e. The van der Waals surface area contributed by atoms with Gasteiger partial charge >= 0.3 is 0 Å². The Morgan fingerprint density at radius 2 is 1.83 bits per heavy atom. The highest BCUT2D eigenvalue weighted by molar-refractivity contribution is 6.11. The number of benzene rings is 2. The first-order chi connectivity index (χ1) is 11.5. The van der Waals surface area contributed by atoms with Crippen LogP contribution in [-0.2, 0) is 6.54 Å². The summed E-state index contributed by atoms with van der Waals surface area (Å²) in [5.74, 6) is -0.158. The number of carbonyl (C=O) groups excluding carboxylic acids is 1. The van der Waals surface area contributed by atoms with E-state index >= 15 is 0 Å². The Balaban J connectivity index is 1.83. The van der Waals surface area contributed by atoms with Crippen LogP contribution in [0.4, 0.5) is 4.39 Å². The summed E-state index contributed by atoms with van der Waals surface area (Å²) in [4.78, 5) is 18.3. The summed E-state index contributed by atoms with van der Waals surface area (Å²) in [6.07, 6.45) is 0. The van der Waals surface area contributed by atoms with E-state index in [1.807, 2.05) is 50.1 Å². The van der Waals surface area contributed by atoms with E-state index < -0.39 is 0 Å². The number of hydrogen-bond acceptors (Lipinski definition) is 2. The van der Waals surface area contributed by atoms with Gasteiger partial charge in [-0.05, 0) is 44.7 Å². The molecule has 0 fully saturated rings. The van der Waals surface area contributed by atoms with Crippen LogP contribution < -0.4 is 0 Å². The van der Waals surface area contributed by atoms with Crippen molar-refractivity contribution in [3.05, 3.63) is 71.2 Å². The highest BCUT2D eigenvalue weighted by Gasteiger charge is 2.24. The van der Waals surface area contributed by atoms with Gasteiger partial charge in [-0.2, -0.15) is 0 Å². The van der Waals surface area contributed by atoms with Crippen molar-refractivity contribution >= 4 is 16.7 Å². The molecule has 0 saturated carbocycles. The topological polar surface area (TPSA) is 36.1 Å². The van der Waals surface area contributed by atoms with Gasteiger partial charge in [-0.25, -0.2) is 4.39 Å². The number of halogens is 1. The number of nitrogens with zero attached hydrogens (tertiary/aromatic N) is 1. The van der Waals surface area contributed by atoms with Gasteiger partial charge in [0, 0.05) is 28.7 Å². The smallest absolute Gasteiger partial charge is 0.182 e. The number of aromatic nitrogens is 1. The minimum absolute atomic E-state index is 0.0922. The average molecular weight is 324 g/mol. The number of likely N-dealkylation sites (N-methyl/N-ethyl adjacent to an activating group) is 1. The minimum atomic E-state index is -0.270. The third-order valence-corrected chi connectivity index (χ3v) is 4.53. The molecule has 0 aliphatic carbocycles. The number of rotatable bonds is 5. The van der Waals surface area contributed by atoms with Crippen molar-refractivity contribution in [1.82, 2.24) is 9.88 Å². The minimum Gasteiger partial charge on any atom is -0.358 e. The summed E-state index contributed by atoms with van der Waals surface area (Å²) < 4.78 is 13.0. The van der Waals surface area contributed by atoms with E-state index in [0.29, 0.717) is 6.54 Å². The van der Waals surface area contributed by atoms with E-state index in [-0.39, 0.29) is 17.6 Å². The molecule has 1 atom stereocenters. The van der Waals surface area contributed by atoms with Crippen molar-refractivity contribution in [2.45, 2.75) is 26.4 Å². The fraction of sp³-hybridized carbons (Fsp3) is 0.250. The van der Waals surface area contributed by atoms with Gasteiger partial charge in [0.05, 0.1) is 6.04 Å². The predicted octanol–water partition coefficient (Wildman–Crippen LogP) is 4.32. The summed E-state index contributed by atoms with van der Waals surface area (Å²) in [5, 5.41) is 0.960. The molecule has 0 radical (unpaired) electrons. The molecule has 3 rings (SSSR count). The normalized spacial score (nSPS) is 12.7. The molecule has 2 aromatic carbocycles. The molecule has 0 amide bonds. The molecule has 0 unspecified atom stereocenters. The van der Waals surface area contributed by atoms with Crippen molar-refractivity contribution in [3.63, 3.8) is 0 Å². The SMILES string of the molecule is Cc1[nH]c2ccccc2c1C(=O)[C@H](C)N(C)Cc1ccc(F)cc1. The number of para-hydroxylation sites is 1. The standard InChI is InChI=1S/C20H21FN2O/c1-13-19(17-6-4-5-7-18(17)22-13)20(24)14(2)23(3)12-15-8-10-16(21)11-9-15/h4-11,14,22H,12H2,1-3H3/t14-/m0/s1. The first kappa shape index (κ1) is 16.4. The van der Waals surface area contributed by atoms with Crippen LogP contribution in [0.25, 0.3) is 10.9 Å². The summed E-state index contributed by atoms with van der Waals surface area (Å²) in [5.41, 5.74) is 3.60. The lowest BCUT2D eigenvalue weighted by Gasteiger charge is -2.24. The Labute approximate surface area is 141 Å². The number of aryl methyl sites for hydroxylation is 1. The molecule has 124 valence electrons. The van der Waals surface area contributed by atoms with Gasteiger partial charge in [0.1, 0.15) is 5.82 Å². The molecule has 0 spiro atoms. The van der Waals surface area contributed by atoms with E-state index in [2.05, 4.69) is 4.98 Å². The Bertz CT molecular complexity index is 867. The molecule has 0 bridgehead atoms. The Kier molecular flexibility index (Phi) is 4.49. The van der Waals surface area contributed by atoms with Crippen LogP contribution in [0.3, 0.4) is 0 Å². The number of ketones is 1. The second kappa shape index (κ2) is 6.57. The third kappa shape index (κ3) is 3.10. The summed E-state index contributed by atoms with van der Waals surface area (Å²) in [6, 6.07) is 14.0. The van der Waals surface area contributed by atoms with Gasteiger partial charge in [0.2, 0.25) is 0 Å². The fourth-order valence-electron chi connectivity index (χ4n) is 3.02. The van der Waals surface area contributed by atoms with Gasteiger partial charge in [-0.3, -0.25) is 9.69 Å². The van der Waals surface area contributed by atoms with E-state index in [1.54, 1.807) is 12.1 Å². The zero-order valence-corrected chi connectivity index (χ0v) is 14.1. The molecule has 4 heteroatoms. The van der Waals surface area contributed by atoms with Gasteiger partial charge in [-0.15, -0.1) is 0 Å². The van der Waals surface area contributed by atoms with Crippen molar-refractivity contribution in [1.29, 1.82) is 0 Å². The summed E-state index contributed by atoms with van der Waals surface area (Å²) in [7, 11) is 1.91. The number of nitrogens with one attached hydrogen (secondary N) is 1. The van der Waals surface area contributed by atoms with E-state index in [0.717, 1.165) is 27.7 Å². The Morgan fingerprint density at radius 1 is 1.17 bits per heavy atom. The van der Waals surface area contributed by atoms with Crippen LogP contribution >= 0.6 is 0 Å². The van der Waals surface area contributed by atoms with Crippen LogP contribution in [0.1, 0.15) is 28.5 Å². The van der Waals surface area contributed by atoms with Crippen molar-refractivity contribution in [3.8, 4) is 0 Å². The molecule has 0 saturated heterocycles. The summed E-state index contributed by atoms with van der Waals surface area (Å²) in [6.45, 7) is 4.43. The molecular formula is C20H21FN2O. The first-order valence-corrected chi connectivity index (χ1v) is 8.03. The number of Topliss-reactive ketones (excluding diaryl/α,β-unsaturated/α-hetero) is 1. The fourth-order valence-corrected chi connectivity index (χ4v) is 3.02. The zero-order chi connectivity index (χ0) is 17.3. The van der Waals surface area contributed by atoms with Gasteiger partial charge in [0.25, 0.3) is 0 Å². The highest BCUT2D eigenvalue weighted by Crippen LogP contribution is 2.24. The lowest BCUT2D eigenvalue weighted by Crippen LogP contribution is -2.35. The van der Waals surface area contributed by atoms with Crippen molar-refractivity contribution in [2.24, 2.45) is 0 Å². The number of H-pyrrole nitrogens is 1. The monoisotopic (exact) mass is 324 g/mol. The van der Waals surface area contributed by atoms with Gasteiger partial charge in [-0.1, -0.05) is 30.3 Å². The molecular weight excluding hydrogens is 303 g/mol. The van der Waals surface area contributed by atoms with E-state index in [1.165, 1.54) is 12.1 Å². The largest absolute Gasteiger partial charge is 0.358 e. The van der Waals surface area contributed by atoms with Gasteiger partial charge in [0.15, 0.2) is 5.78 Å². The molecule has 0 aliphatic rings. The van der Waals surface area contributed by atoms with Crippen molar-refractivity contribution < 1.29 is 9.18 Å². The molecule has 1 N–H and O–H groups in total. The maximum atomic E-state index is 13.0. The van der Waals surface area contributed by atoms with Crippen LogP contribution in [0.15, 0.2) is 48.5 Å². The molecule has 1 heterocycles. The Morgan fingerprint density at radius 3 is 2.54 bits per heavy atom. The predicted molar refractivity (Wildman–Crippen MR) is 94.7 cm³/mol. The van der Waals surface area contributed by atoms with E-state index in [4.69, 9.17) is 0 Å². The van der Waals surface area contributed by atoms with Crippen LogP contribution in [0.2, 0.25) is 0 Å². The number of aromatic amines is 1. The molecule has 3 aromatic rings. The van der Waals surface area contributed by atoms with Crippen molar-refractivity contribution in [2.75, 3.05) is 7.05 Å². The first-order valence-electron chi connectivity index (χ1n) is 8.03. The second-order valence-corrected chi connectivity index (χ2v) is 6.25. The number of fused-ring (bicyclic) bond motifs is 1. The average Bonchev–Trinajstić information content (AvgIpc) is 2.91. The molecule has 3 nitrogen and oxygen atoms in total. The molecule has 1 aromatic heterocycles. The zero-order valence-electron chi connectivity index (χ0n) is 14.1. The highest BCUT2D eigenvalue weighted by atomic mass is 19.1.